The van der Waals surface area contributed by atoms with Crippen LogP contribution in [0.1, 0.15) is 52.5 Å². The van der Waals surface area contributed by atoms with E-state index >= 15 is 0 Å². The van der Waals surface area contributed by atoms with Crippen molar-refractivity contribution in [2.45, 2.75) is 83.3 Å². The summed E-state index contributed by atoms with van der Waals surface area (Å²) in [4.78, 5) is 12.3. The molecule has 0 aromatic heterocycles. The van der Waals surface area contributed by atoms with E-state index in [1.165, 1.54) is 7.11 Å². The Bertz CT molecular complexity index is 596. The number of esters is 1. The Balaban J connectivity index is 2.00. The van der Waals surface area contributed by atoms with Crippen molar-refractivity contribution < 1.29 is 28.8 Å². The van der Waals surface area contributed by atoms with Gasteiger partial charge in [0, 0.05) is 20.0 Å². The fourth-order valence-electron chi connectivity index (χ4n) is 3.19. The van der Waals surface area contributed by atoms with E-state index in [0.717, 1.165) is 5.56 Å². The molecule has 0 radical (unpaired) electrons. The summed E-state index contributed by atoms with van der Waals surface area (Å²) in [6.07, 6.45) is -0.748. The van der Waals surface area contributed by atoms with Gasteiger partial charge in [0.15, 0.2) is 5.79 Å². The molecule has 1 unspecified atom stereocenters. The third kappa shape index (κ3) is 6.88. The first-order valence-electron chi connectivity index (χ1n) is 9.41. The van der Waals surface area contributed by atoms with Gasteiger partial charge in [0.1, 0.15) is 5.60 Å². The lowest BCUT2D eigenvalue weighted by Gasteiger charge is -2.43. The summed E-state index contributed by atoms with van der Waals surface area (Å²) >= 11 is 0. The van der Waals surface area contributed by atoms with Crippen molar-refractivity contribution in [2.24, 2.45) is 0 Å². The molecule has 0 saturated carbocycles. The van der Waals surface area contributed by atoms with Gasteiger partial charge in [0.05, 0.1) is 31.3 Å². The summed E-state index contributed by atoms with van der Waals surface area (Å²) in [6, 6.07) is 9.86. The highest BCUT2D eigenvalue weighted by Crippen LogP contribution is 2.35. The number of methoxy groups -OCH3 is 1. The predicted octanol–water partition coefficient (Wildman–Crippen LogP) is 3.21. The minimum atomic E-state index is -1.21. The summed E-state index contributed by atoms with van der Waals surface area (Å²) < 4.78 is 23.0. The minimum Gasteiger partial charge on any atom is -0.460 e. The fraction of sp³-hybridized carbons (Fsp3) is 0.667. The van der Waals surface area contributed by atoms with Crippen molar-refractivity contribution in [3.05, 3.63) is 35.9 Å². The lowest BCUT2D eigenvalue weighted by molar-refractivity contribution is -0.302. The Morgan fingerprint density at radius 2 is 2.00 bits per heavy atom. The molecule has 2 rings (SSSR count). The van der Waals surface area contributed by atoms with Crippen LogP contribution in [0.4, 0.5) is 0 Å². The topological polar surface area (TPSA) is 74.2 Å². The van der Waals surface area contributed by atoms with Crippen LogP contribution in [0, 0.1) is 0 Å². The normalized spacial score (nSPS) is 27.2. The number of carbonyl (C=O) groups excluding carboxylic acids is 1. The van der Waals surface area contributed by atoms with E-state index in [4.69, 9.17) is 18.9 Å². The third-order valence-corrected chi connectivity index (χ3v) is 4.50. The minimum absolute atomic E-state index is 0.0836. The van der Waals surface area contributed by atoms with Crippen LogP contribution in [-0.2, 0) is 30.3 Å². The van der Waals surface area contributed by atoms with Gasteiger partial charge in [-0.2, -0.15) is 0 Å². The largest absolute Gasteiger partial charge is 0.460 e. The van der Waals surface area contributed by atoms with Crippen molar-refractivity contribution in [3.63, 3.8) is 0 Å². The molecule has 0 bridgehead atoms. The second-order valence-corrected chi connectivity index (χ2v) is 8.13. The number of aliphatic hydroxyl groups excluding tert-OH is 1. The smallest absolute Gasteiger partial charge is 0.311 e. The van der Waals surface area contributed by atoms with Gasteiger partial charge in [-0.1, -0.05) is 30.3 Å². The molecule has 0 spiro atoms. The first-order chi connectivity index (χ1) is 12.6. The van der Waals surface area contributed by atoms with E-state index in [-0.39, 0.29) is 25.0 Å². The molecule has 1 fully saturated rings. The molecule has 1 aromatic carbocycles. The molecule has 6 heteroatoms. The number of aliphatic hydroxyl groups is 1. The number of hydrogen-bond acceptors (Lipinski definition) is 6. The Kier molecular flexibility index (Phi) is 7.40. The monoisotopic (exact) mass is 380 g/mol. The van der Waals surface area contributed by atoms with Gasteiger partial charge in [0.25, 0.3) is 0 Å². The van der Waals surface area contributed by atoms with E-state index in [1.807, 2.05) is 58.0 Å². The average molecular weight is 380 g/mol. The SMILES string of the molecule is COC1(CC(=O)OC(C)(C)C)C[C@H](O)C[C@@H]([C@@H](C)OCc2ccccc2)O1. The first kappa shape index (κ1) is 21.8. The van der Waals surface area contributed by atoms with E-state index < -0.39 is 23.5 Å². The highest BCUT2D eigenvalue weighted by atomic mass is 16.7. The van der Waals surface area contributed by atoms with Crippen LogP contribution in [0.3, 0.4) is 0 Å². The molecule has 27 heavy (non-hydrogen) atoms. The Morgan fingerprint density at radius 1 is 1.33 bits per heavy atom. The van der Waals surface area contributed by atoms with Gasteiger partial charge >= 0.3 is 5.97 Å². The number of benzene rings is 1. The van der Waals surface area contributed by atoms with Gasteiger partial charge < -0.3 is 24.1 Å². The molecular formula is C21H32O6. The van der Waals surface area contributed by atoms with Crippen molar-refractivity contribution in [1.82, 2.24) is 0 Å². The third-order valence-electron chi connectivity index (χ3n) is 4.50. The maximum atomic E-state index is 12.3. The van der Waals surface area contributed by atoms with Crippen LogP contribution in [0.5, 0.6) is 0 Å². The zero-order chi connectivity index (χ0) is 20.1. The average Bonchev–Trinajstić information content (AvgIpc) is 2.58. The number of hydrogen-bond donors (Lipinski definition) is 1. The van der Waals surface area contributed by atoms with Crippen LogP contribution in [-0.4, -0.2) is 47.9 Å². The van der Waals surface area contributed by atoms with E-state index in [2.05, 4.69) is 0 Å². The first-order valence-corrected chi connectivity index (χ1v) is 9.41. The Hall–Kier alpha value is -1.47. The molecule has 0 amide bonds. The molecule has 1 aliphatic heterocycles. The molecule has 6 nitrogen and oxygen atoms in total. The molecule has 0 aliphatic carbocycles. The molecule has 152 valence electrons. The highest BCUT2D eigenvalue weighted by molar-refractivity contribution is 5.71. The Morgan fingerprint density at radius 3 is 2.59 bits per heavy atom. The van der Waals surface area contributed by atoms with Crippen molar-refractivity contribution in [2.75, 3.05) is 7.11 Å². The zero-order valence-corrected chi connectivity index (χ0v) is 16.9. The molecule has 1 N–H and O–H groups in total. The van der Waals surface area contributed by atoms with Crippen LogP contribution >= 0.6 is 0 Å². The summed E-state index contributed by atoms with van der Waals surface area (Å²) in [5.41, 5.74) is 0.470. The fourth-order valence-corrected chi connectivity index (χ4v) is 3.19. The number of rotatable bonds is 7. The van der Waals surface area contributed by atoms with Gasteiger partial charge in [-0.15, -0.1) is 0 Å². The van der Waals surface area contributed by atoms with Crippen LogP contribution in [0.15, 0.2) is 30.3 Å². The molecule has 1 saturated heterocycles. The lowest BCUT2D eigenvalue weighted by Crippen LogP contribution is -2.52. The van der Waals surface area contributed by atoms with Gasteiger partial charge in [-0.25, -0.2) is 0 Å². The van der Waals surface area contributed by atoms with E-state index in [9.17, 15) is 9.90 Å². The summed E-state index contributed by atoms with van der Waals surface area (Å²) in [6.45, 7) is 7.78. The zero-order valence-electron chi connectivity index (χ0n) is 16.9. The van der Waals surface area contributed by atoms with E-state index in [1.54, 1.807) is 0 Å². The second-order valence-electron chi connectivity index (χ2n) is 8.13. The number of carbonyl (C=O) groups is 1. The van der Waals surface area contributed by atoms with Gasteiger partial charge in [0.2, 0.25) is 0 Å². The summed E-state index contributed by atoms with van der Waals surface area (Å²) in [5, 5.41) is 10.4. The molecular weight excluding hydrogens is 348 g/mol. The molecule has 1 aromatic rings. The van der Waals surface area contributed by atoms with Gasteiger partial charge in [-0.05, 0) is 33.3 Å². The predicted molar refractivity (Wildman–Crippen MR) is 101 cm³/mol. The van der Waals surface area contributed by atoms with Crippen molar-refractivity contribution >= 4 is 5.97 Å². The summed E-state index contributed by atoms with van der Waals surface area (Å²) in [5.74, 6) is -1.63. The maximum absolute atomic E-state index is 12.3. The molecule has 1 aliphatic rings. The van der Waals surface area contributed by atoms with Crippen LogP contribution in [0.2, 0.25) is 0 Å². The highest BCUT2D eigenvalue weighted by Gasteiger charge is 2.45. The van der Waals surface area contributed by atoms with Crippen LogP contribution < -0.4 is 0 Å². The summed E-state index contributed by atoms with van der Waals surface area (Å²) in [7, 11) is 1.48. The van der Waals surface area contributed by atoms with Crippen molar-refractivity contribution in [1.29, 1.82) is 0 Å². The van der Waals surface area contributed by atoms with E-state index in [0.29, 0.717) is 13.0 Å². The quantitative estimate of drug-likeness (QED) is 0.732. The van der Waals surface area contributed by atoms with Crippen molar-refractivity contribution in [3.8, 4) is 0 Å². The Labute approximate surface area is 161 Å². The second kappa shape index (κ2) is 9.15. The number of ether oxygens (including phenoxy) is 4. The lowest BCUT2D eigenvalue weighted by atomic mass is 9.93. The molecule has 4 atom stereocenters. The molecule has 1 heterocycles. The maximum Gasteiger partial charge on any atom is 0.311 e. The van der Waals surface area contributed by atoms with Gasteiger partial charge in [-0.3, -0.25) is 4.79 Å². The van der Waals surface area contributed by atoms with Crippen LogP contribution in [0.25, 0.3) is 0 Å². The standard InChI is InChI=1S/C21H32O6/c1-15(25-14-16-9-7-6-8-10-16)18-11-17(22)12-21(24-5,26-18)13-19(23)27-20(2,3)4/h6-10,15,17-18,22H,11-14H2,1-5H3/t15-,17-,18+,21?/m1/s1.